The fraction of sp³-hybridized carbons (Fsp3) is 0.600. The fourth-order valence-electron chi connectivity index (χ4n) is 2.93. The van der Waals surface area contributed by atoms with Gasteiger partial charge in [-0.3, -0.25) is 0 Å². The second-order valence-corrected chi connectivity index (χ2v) is 5.41. The van der Waals surface area contributed by atoms with Crippen LogP contribution in [0.5, 0.6) is 5.75 Å². The molecule has 0 saturated carbocycles. The first-order valence-corrected chi connectivity index (χ1v) is 7.12. The van der Waals surface area contributed by atoms with Gasteiger partial charge < -0.3 is 15.0 Å². The summed E-state index contributed by atoms with van der Waals surface area (Å²) < 4.78 is 19.0. The molecule has 4 heteroatoms. The Balaban J connectivity index is 1.95. The van der Waals surface area contributed by atoms with E-state index in [1.54, 1.807) is 6.92 Å². The summed E-state index contributed by atoms with van der Waals surface area (Å²) >= 11 is 0. The number of hydrogen-bond donors (Lipinski definition) is 1. The highest BCUT2D eigenvalue weighted by Gasteiger charge is 2.22. The van der Waals surface area contributed by atoms with Crippen molar-refractivity contribution in [2.24, 2.45) is 0 Å². The van der Waals surface area contributed by atoms with Gasteiger partial charge in [0, 0.05) is 6.54 Å². The summed E-state index contributed by atoms with van der Waals surface area (Å²) in [7, 11) is 0. The minimum atomic E-state index is -0.813. The molecule has 0 aliphatic carbocycles. The molecule has 104 valence electrons. The molecule has 0 saturated heterocycles. The summed E-state index contributed by atoms with van der Waals surface area (Å²) in [5.41, 5.74) is 3.82. The predicted octanol–water partition coefficient (Wildman–Crippen LogP) is 1.93. The standard InChI is InChI=1S/C15H21FN2O/c1-11(16)10-18-6-7-19-15-9-13-3-5-17-4-2-12(13)8-14(15)18/h8-9,11,17H,2-7,10H2,1H3/t11-/m1/s1. The summed E-state index contributed by atoms with van der Waals surface area (Å²) in [5, 5.41) is 3.41. The SMILES string of the molecule is C[C@@H](F)CN1CCOc2cc3c(cc21)CCNCC3. The minimum Gasteiger partial charge on any atom is -0.490 e. The van der Waals surface area contributed by atoms with Crippen LogP contribution < -0.4 is 15.0 Å². The molecular weight excluding hydrogens is 243 g/mol. The normalized spacial score (nSPS) is 20.0. The smallest absolute Gasteiger partial charge is 0.142 e. The van der Waals surface area contributed by atoms with Crippen molar-refractivity contribution in [2.75, 3.05) is 37.7 Å². The Morgan fingerprint density at radius 3 is 2.79 bits per heavy atom. The molecule has 1 atom stereocenters. The summed E-state index contributed by atoms with van der Waals surface area (Å²) in [6.45, 7) is 5.54. The number of fused-ring (bicyclic) bond motifs is 2. The molecular formula is C15H21FN2O. The van der Waals surface area contributed by atoms with Crippen molar-refractivity contribution < 1.29 is 9.13 Å². The number of anilines is 1. The van der Waals surface area contributed by atoms with Crippen LogP contribution in [0.25, 0.3) is 0 Å². The molecule has 0 bridgehead atoms. The van der Waals surface area contributed by atoms with E-state index in [4.69, 9.17) is 4.74 Å². The van der Waals surface area contributed by atoms with Gasteiger partial charge in [0.1, 0.15) is 18.5 Å². The summed E-state index contributed by atoms with van der Waals surface area (Å²) in [6, 6.07) is 4.37. The molecule has 1 aromatic carbocycles. The Kier molecular flexibility index (Phi) is 3.60. The first-order valence-electron chi connectivity index (χ1n) is 7.12. The molecule has 0 fully saturated rings. The van der Waals surface area contributed by atoms with Crippen molar-refractivity contribution in [1.82, 2.24) is 5.32 Å². The Bertz CT molecular complexity index is 462. The van der Waals surface area contributed by atoms with Crippen LogP contribution in [0, 0.1) is 0 Å². The van der Waals surface area contributed by atoms with Gasteiger partial charge in [0.05, 0.1) is 12.2 Å². The van der Waals surface area contributed by atoms with Gasteiger partial charge in [0.15, 0.2) is 0 Å². The summed E-state index contributed by atoms with van der Waals surface area (Å²) in [5.74, 6) is 0.924. The van der Waals surface area contributed by atoms with E-state index >= 15 is 0 Å². The Morgan fingerprint density at radius 1 is 1.32 bits per heavy atom. The maximum absolute atomic E-state index is 13.3. The third-order valence-electron chi connectivity index (χ3n) is 3.85. The van der Waals surface area contributed by atoms with Crippen LogP contribution in [-0.2, 0) is 12.8 Å². The highest BCUT2D eigenvalue weighted by molar-refractivity contribution is 5.63. The van der Waals surface area contributed by atoms with Crippen LogP contribution in [0.4, 0.5) is 10.1 Å². The maximum atomic E-state index is 13.3. The predicted molar refractivity (Wildman–Crippen MR) is 75.0 cm³/mol. The molecule has 0 aromatic heterocycles. The van der Waals surface area contributed by atoms with Gasteiger partial charge in [-0.1, -0.05) is 0 Å². The van der Waals surface area contributed by atoms with E-state index in [1.165, 1.54) is 11.1 Å². The molecule has 0 amide bonds. The zero-order chi connectivity index (χ0) is 13.2. The lowest BCUT2D eigenvalue weighted by molar-refractivity contribution is 0.292. The van der Waals surface area contributed by atoms with E-state index in [1.807, 2.05) is 0 Å². The summed E-state index contributed by atoms with van der Waals surface area (Å²) in [4.78, 5) is 2.11. The number of ether oxygens (including phenoxy) is 1. The molecule has 0 radical (unpaired) electrons. The van der Waals surface area contributed by atoms with Gasteiger partial charge in [-0.2, -0.15) is 0 Å². The van der Waals surface area contributed by atoms with Crippen molar-refractivity contribution >= 4 is 5.69 Å². The van der Waals surface area contributed by atoms with Crippen molar-refractivity contribution in [3.05, 3.63) is 23.3 Å². The molecule has 0 spiro atoms. The van der Waals surface area contributed by atoms with Crippen LogP contribution in [0.3, 0.4) is 0 Å². The third-order valence-corrected chi connectivity index (χ3v) is 3.85. The number of benzene rings is 1. The van der Waals surface area contributed by atoms with Crippen LogP contribution in [0.15, 0.2) is 12.1 Å². The van der Waals surface area contributed by atoms with Crippen molar-refractivity contribution in [1.29, 1.82) is 0 Å². The van der Waals surface area contributed by atoms with Crippen LogP contribution in [0.2, 0.25) is 0 Å². The van der Waals surface area contributed by atoms with Gasteiger partial charge in [-0.15, -0.1) is 0 Å². The average Bonchev–Trinajstić information content (AvgIpc) is 2.61. The van der Waals surface area contributed by atoms with E-state index in [9.17, 15) is 4.39 Å². The number of halogens is 1. The van der Waals surface area contributed by atoms with Crippen LogP contribution >= 0.6 is 0 Å². The van der Waals surface area contributed by atoms with Crippen molar-refractivity contribution in [3.63, 3.8) is 0 Å². The largest absolute Gasteiger partial charge is 0.490 e. The number of alkyl halides is 1. The molecule has 3 rings (SSSR count). The first kappa shape index (κ1) is 12.7. The van der Waals surface area contributed by atoms with Gasteiger partial charge in [0.25, 0.3) is 0 Å². The van der Waals surface area contributed by atoms with Crippen molar-refractivity contribution in [2.45, 2.75) is 25.9 Å². The van der Waals surface area contributed by atoms with Crippen LogP contribution in [-0.4, -0.2) is 39.0 Å². The van der Waals surface area contributed by atoms with Gasteiger partial charge >= 0.3 is 0 Å². The molecule has 0 unspecified atom stereocenters. The zero-order valence-electron chi connectivity index (χ0n) is 11.4. The summed E-state index contributed by atoms with van der Waals surface area (Å²) in [6.07, 6.45) is 1.28. The van der Waals surface area contributed by atoms with Crippen molar-refractivity contribution in [3.8, 4) is 5.75 Å². The molecule has 1 aromatic rings. The zero-order valence-corrected chi connectivity index (χ0v) is 11.4. The lowest BCUT2D eigenvalue weighted by Crippen LogP contribution is -2.36. The highest BCUT2D eigenvalue weighted by Crippen LogP contribution is 2.35. The van der Waals surface area contributed by atoms with E-state index in [-0.39, 0.29) is 0 Å². The first-order chi connectivity index (χ1) is 9.24. The van der Waals surface area contributed by atoms with Gasteiger partial charge in [-0.25, -0.2) is 4.39 Å². The molecule has 3 nitrogen and oxygen atoms in total. The van der Waals surface area contributed by atoms with Crippen LogP contribution in [0.1, 0.15) is 18.1 Å². The average molecular weight is 264 g/mol. The lowest BCUT2D eigenvalue weighted by Gasteiger charge is -2.32. The lowest BCUT2D eigenvalue weighted by atomic mass is 10.0. The van der Waals surface area contributed by atoms with E-state index < -0.39 is 6.17 Å². The fourth-order valence-corrected chi connectivity index (χ4v) is 2.93. The second kappa shape index (κ2) is 5.37. The molecule has 1 N–H and O–H groups in total. The Hall–Kier alpha value is -1.29. The van der Waals surface area contributed by atoms with E-state index in [0.29, 0.717) is 13.2 Å². The molecule has 2 heterocycles. The van der Waals surface area contributed by atoms with Gasteiger partial charge in [-0.05, 0) is 56.1 Å². The highest BCUT2D eigenvalue weighted by atomic mass is 19.1. The second-order valence-electron chi connectivity index (χ2n) is 5.41. The monoisotopic (exact) mass is 264 g/mol. The minimum absolute atomic E-state index is 0.452. The maximum Gasteiger partial charge on any atom is 0.142 e. The van der Waals surface area contributed by atoms with Gasteiger partial charge in [0.2, 0.25) is 0 Å². The number of hydrogen-bond acceptors (Lipinski definition) is 3. The number of rotatable bonds is 2. The van der Waals surface area contributed by atoms with E-state index in [2.05, 4.69) is 22.3 Å². The number of nitrogens with zero attached hydrogens (tertiary/aromatic N) is 1. The Labute approximate surface area is 113 Å². The molecule has 2 aliphatic rings. The Morgan fingerprint density at radius 2 is 2.05 bits per heavy atom. The third kappa shape index (κ3) is 2.68. The molecule has 19 heavy (non-hydrogen) atoms. The quantitative estimate of drug-likeness (QED) is 0.883. The topological polar surface area (TPSA) is 24.5 Å². The van der Waals surface area contributed by atoms with E-state index in [0.717, 1.165) is 43.9 Å². The number of nitrogens with one attached hydrogen (secondary N) is 1. The molecule has 2 aliphatic heterocycles.